The molecule has 31 heavy (non-hydrogen) atoms. The third-order valence-electron chi connectivity index (χ3n) is 6.19. The fourth-order valence-corrected chi connectivity index (χ4v) is 4.45. The maximum Gasteiger partial charge on any atom is 0.433 e. The van der Waals surface area contributed by atoms with Gasteiger partial charge in [0, 0.05) is 48.8 Å². The van der Waals surface area contributed by atoms with Gasteiger partial charge in [-0.1, -0.05) is 0 Å². The fourth-order valence-electron chi connectivity index (χ4n) is 4.45. The first kappa shape index (κ1) is 21.9. The Labute approximate surface area is 179 Å². The van der Waals surface area contributed by atoms with Crippen molar-refractivity contribution < 1.29 is 27.5 Å². The van der Waals surface area contributed by atoms with E-state index in [2.05, 4.69) is 4.98 Å². The molecule has 0 aromatic carbocycles. The largest absolute Gasteiger partial charge is 0.444 e. The highest BCUT2D eigenvalue weighted by Crippen LogP contribution is 2.42. The van der Waals surface area contributed by atoms with Crippen molar-refractivity contribution in [1.29, 1.82) is 0 Å². The second kappa shape index (κ2) is 7.38. The molecule has 0 N–H and O–H groups in total. The van der Waals surface area contributed by atoms with Crippen LogP contribution in [0.1, 0.15) is 74.1 Å². The summed E-state index contributed by atoms with van der Waals surface area (Å²) in [5.41, 5.74) is -1.42. The van der Waals surface area contributed by atoms with Crippen LogP contribution < -0.4 is 0 Å². The van der Waals surface area contributed by atoms with Crippen molar-refractivity contribution >= 4 is 12.0 Å². The Bertz CT molecular complexity index is 892. The second-order valence-electron chi connectivity index (χ2n) is 10.1. The number of halogens is 3. The van der Waals surface area contributed by atoms with Crippen LogP contribution in [-0.2, 0) is 10.9 Å². The van der Waals surface area contributed by atoms with E-state index in [4.69, 9.17) is 4.74 Å². The molecule has 0 radical (unpaired) electrons. The van der Waals surface area contributed by atoms with Crippen LogP contribution in [0.2, 0.25) is 0 Å². The third kappa shape index (κ3) is 4.80. The van der Waals surface area contributed by atoms with Crippen LogP contribution in [-0.4, -0.2) is 58.6 Å². The van der Waals surface area contributed by atoms with Gasteiger partial charge in [0.1, 0.15) is 11.3 Å². The average molecular weight is 439 g/mol. The Hall–Kier alpha value is -2.32. The molecule has 2 saturated heterocycles. The lowest BCUT2D eigenvalue weighted by atomic mass is 9.86. The molecular weight excluding hydrogens is 411 g/mol. The Balaban J connectivity index is 1.47. The summed E-state index contributed by atoms with van der Waals surface area (Å²) in [6.07, 6.45) is -1.90. The maximum absolute atomic E-state index is 13.3. The topological polar surface area (TPSA) is 62.7 Å². The molecule has 1 aliphatic carbocycles. The molecule has 1 unspecified atom stereocenters. The highest BCUT2D eigenvalue weighted by molar-refractivity contribution is 5.94. The molecule has 3 aliphatic rings. The van der Waals surface area contributed by atoms with E-state index >= 15 is 0 Å². The fraction of sp³-hybridized carbons (Fsp3) is 0.682. The minimum absolute atomic E-state index is 0.0102. The van der Waals surface area contributed by atoms with Gasteiger partial charge in [0.15, 0.2) is 0 Å². The van der Waals surface area contributed by atoms with Crippen LogP contribution in [0.15, 0.2) is 12.1 Å². The van der Waals surface area contributed by atoms with E-state index < -0.39 is 23.4 Å². The minimum Gasteiger partial charge on any atom is -0.444 e. The van der Waals surface area contributed by atoms with E-state index in [0.29, 0.717) is 38.3 Å². The van der Waals surface area contributed by atoms with Gasteiger partial charge < -0.3 is 14.5 Å². The molecule has 170 valence electrons. The molecule has 6 nitrogen and oxygen atoms in total. The number of rotatable bonds is 2. The maximum atomic E-state index is 13.3. The van der Waals surface area contributed by atoms with Crippen molar-refractivity contribution in [1.82, 2.24) is 14.8 Å². The van der Waals surface area contributed by atoms with E-state index in [9.17, 15) is 22.8 Å². The summed E-state index contributed by atoms with van der Waals surface area (Å²) >= 11 is 0. The van der Waals surface area contributed by atoms with Gasteiger partial charge in [-0.15, -0.1) is 0 Å². The van der Waals surface area contributed by atoms with Gasteiger partial charge in [0.05, 0.1) is 0 Å². The number of pyridine rings is 1. The Kier molecular flexibility index (Phi) is 5.21. The van der Waals surface area contributed by atoms with Gasteiger partial charge >= 0.3 is 12.3 Å². The molecule has 2 aliphatic heterocycles. The van der Waals surface area contributed by atoms with Gasteiger partial charge in [0.2, 0.25) is 0 Å². The summed E-state index contributed by atoms with van der Waals surface area (Å²) in [6, 6.07) is 2.38. The van der Waals surface area contributed by atoms with Crippen molar-refractivity contribution in [2.24, 2.45) is 5.41 Å². The number of carbonyl (C=O) groups excluding carboxylic acids is 2. The first-order chi connectivity index (χ1) is 14.4. The van der Waals surface area contributed by atoms with Gasteiger partial charge in [0.25, 0.3) is 5.91 Å². The number of hydrogen-bond donors (Lipinski definition) is 0. The predicted octanol–water partition coefficient (Wildman–Crippen LogP) is 4.45. The van der Waals surface area contributed by atoms with Crippen molar-refractivity contribution in [3.8, 4) is 0 Å². The summed E-state index contributed by atoms with van der Waals surface area (Å²) in [4.78, 5) is 32.5. The smallest absolute Gasteiger partial charge is 0.433 e. The molecule has 3 heterocycles. The molecule has 4 rings (SSSR count). The lowest BCUT2D eigenvalue weighted by Crippen LogP contribution is -2.38. The average Bonchev–Trinajstić information content (AvgIpc) is 3.31. The predicted molar refractivity (Wildman–Crippen MR) is 107 cm³/mol. The molecule has 9 heteroatoms. The molecule has 1 aromatic rings. The van der Waals surface area contributed by atoms with Crippen LogP contribution in [0.3, 0.4) is 0 Å². The summed E-state index contributed by atoms with van der Waals surface area (Å²) in [5, 5.41) is 0. The number of nitrogens with zero attached hydrogens (tertiary/aromatic N) is 3. The van der Waals surface area contributed by atoms with Crippen molar-refractivity contribution in [2.45, 2.75) is 64.1 Å². The standard InChI is InChI=1S/C22H28F3N3O3/c1-20(2,3)31-19(30)28-9-7-21(13-28)6-8-27(12-21)18(29)15-10-16(14-4-5-14)26-17(11-15)22(23,24)25/h10-11,14H,4-9,12-13H2,1-3H3. The number of aromatic nitrogens is 1. The van der Waals surface area contributed by atoms with E-state index in [1.165, 1.54) is 6.07 Å². The van der Waals surface area contributed by atoms with Crippen molar-refractivity contribution in [3.63, 3.8) is 0 Å². The second-order valence-corrected chi connectivity index (χ2v) is 10.1. The SMILES string of the molecule is CC(C)(C)OC(=O)N1CCC2(CCN(C(=O)c3cc(C4CC4)nc(C(F)(F)F)c3)C2)C1. The number of amides is 2. The zero-order valence-electron chi connectivity index (χ0n) is 18.1. The molecule has 2 amide bonds. The van der Waals surface area contributed by atoms with E-state index in [1.54, 1.807) is 9.80 Å². The number of ether oxygens (including phenoxy) is 1. The van der Waals surface area contributed by atoms with Crippen LogP contribution in [0, 0.1) is 5.41 Å². The van der Waals surface area contributed by atoms with Crippen LogP contribution in [0.25, 0.3) is 0 Å². The molecule has 3 fully saturated rings. The number of alkyl halides is 3. The van der Waals surface area contributed by atoms with Gasteiger partial charge in [-0.25, -0.2) is 9.78 Å². The normalized spacial score (nSPS) is 24.2. The molecular formula is C22H28F3N3O3. The number of hydrogen-bond acceptors (Lipinski definition) is 4. The highest BCUT2D eigenvalue weighted by atomic mass is 19.4. The quantitative estimate of drug-likeness (QED) is 0.683. The summed E-state index contributed by atoms with van der Waals surface area (Å²) in [6.45, 7) is 7.36. The minimum atomic E-state index is -4.59. The summed E-state index contributed by atoms with van der Waals surface area (Å²) in [5.74, 6) is -0.390. The molecule has 1 saturated carbocycles. The van der Waals surface area contributed by atoms with Crippen LogP contribution in [0.4, 0.5) is 18.0 Å². The van der Waals surface area contributed by atoms with E-state index in [1.807, 2.05) is 20.8 Å². The Morgan fingerprint density at radius 1 is 1.06 bits per heavy atom. The van der Waals surface area contributed by atoms with Crippen molar-refractivity contribution in [3.05, 3.63) is 29.1 Å². The Morgan fingerprint density at radius 3 is 2.26 bits per heavy atom. The molecule has 1 atom stereocenters. The van der Waals surface area contributed by atoms with E-state index in [0.717, 1.165) is 25.3 Å². The monoisotopic (exact) mass is 439 g/mol. The lowest BCUT2D eigenvalue weighted by molar-refractivity contribution is -0.141. The number of likely N-dealkylation sites (tertiary alicyclic amines) is 2. The first-order valence-corrected chi connectivity index (χ1v) is 10.7. The van der Waals surface area contributed by atoms with Crippen LogP contribution >= 0.6 is 0 Å². The Morgan fingerprint density at radius 2 is 1.68 bits per heavy atom. The van der Waals surface area contributed by atoms with Crippen molar-refractivity contribution in [2.75, 3.05) is 26.2 Å². The molecule has 0 bridgehead atoms. The first-order valence-electron chi connectivity index (χ1n) is 10.7. The highest BCUT2D eigenvalue weighted by Gasteiger charge is 2.47. The van der Waals surface area contributed by atoms with Gasteiger partial charge in [-0.05, 0) is 58.6 Å². The summed E-state index contributed by atoms with van der Waals surface area (Å²) in [7, 11) is 0. The zero-order chi connectivity index (χ0) is 22.6. The molecule has 1 spiro atoms. The third-order valence-corrected chi connectivity index (χ3v) is 6.19. The number of carbonyl (C=O) groups is 2. The lowest BCUT2D eigenvalue weighted by Gasteiger charge is -2.27. The van der Waals surface area contributed by atoms with E-state index in [-0.39, 0.29) is 23.0 Å². The van der Waals surface area contributed by atoms with Gasteiger partial charge in [-0.3, -0.25) is 4.79 Å². The molecule has 1 aromatic heterocycles. The zero-order valence-corrected chi connectivity index (χ0v) is 18.1. The summed E-state index contributed by atoms with van der Waals surface area (Å²) < 4.78 is 45.4. The van der Waals surface area contributed by atoms with Crippen LogP contribution in [0.5, 0.6) is 0 Å². The van der Waals surface area contributed by atoms with Gasteiger partial charge in [-0.2, -0.15) is 13.2 Å².